The van der Waals surface area contributed by atoms with Crippen LogP contribution in [-0.2, 0) is 31.9 Å². The molecule has 1 saturated heterocycles. The van der Waals surface area contributed by atoms with Crippen LogP contribution in [0.4, 0.5) is 4.39 Å². The van der Waals surface area contributed by atoms with E-state index in [1.807, 2.05) is 30.3 Å². The average molecular weight is 438 g/mol. The first-order chi connectivity index (χ1) is 15.4. The summed E-state index contributed by atoms with van der Waals surface area (Å²) in [7, 11) is 1.29. The quantitative estimate of drug-likeness (QED) is 0.591. The van der Waals surface area contributed by atoms with E-state index >= 15 is 0 Å². The number of methoxy groups -OCH3 is 1. The normalized spacial score (nSPS) is 16.1. The molecule has 1 heterocycles. The first-order valence-electron chi connectivity index (χ1n) is 10.6. The summed E-state index contributed by atoms with van der Waals surface area (Å²) < 4.78 is 23.6. The lowest BCUT2D eigenvalue weighted by molar-refractivity contribution is -0.157. The zero-order chi connectivity index (χ0) is 23.0. The standard InChI is InChI=1S/C25H27FN2O4/c1-31-24(30)22(15-19-5-3-2-4-6-19)32-17-23(29)28-13-11-25(18-27,12-14-28)16-20-7-9-21(26)10-8-20/h2-10,22H,11-17H2,1H3. The van der Waals surface area contributed by atoms with Gasteiger partial charge in [-0.25, -0.2) is 9.18 Å². The van der Waals surface area contributed by atoms with Crippen molar-refractivity contribution < 1.29 is 23.5 Å². The van der Waals surface area contributed by atoms with Crippen LogP contribution in [0, 0.1) is 22.6 Å². The van der Waals surface area contributed by atoms with Crippen LogP contribution >= 0.6 is 0 Å². The number of piperidine rings is 1. The lowest BCUT2D eigenvalue weighted by Crippen LogP contribution is -2.45. The summed E-state index contributed by atoms with van der Waals surface area (Å²) in [5, 5.41) is 9.78. The van der Waals surface area contributed by atoms with E-state index in [9.17, 15) is 19.2 Å². The van der Waals surface area contributed by atoms with Crippen molar-refractivity contribution in [1.82, 2.24) is 4.90 Å². The van der Waals surface area contributed by atoms with Gasteiger partial charge in [0, 0.05) is 19.5 Å². The molecule has 0 bridgehead atoms. The number of nitrogens with zero attached hydrogens (tertiary/aromatic N) is 2. The van der Waals surface area contributed by atoms with Crippen LogP contribution in [0.15, 0.2) is 54.6 Å². The third kappa shape index (κ3) is 6.14. The number of ether oxygens (including phenoxy) is 2. The maximum Gasteiger partial charge on any atom is 0.335 e. The van der Waals surface area contributed by atoms with Gasteiger partial charge in [0.2, 0.25) is 5.91 Å². The Labute approximate surface area is 187 Å². The van der Waals surface area contributed by atoms with Crippen LogP contribution in [0.25, 0.3) is 0 Å². The Morgan fingerprint density at radius 1 is 1.09 bits per heavy atom. The summed E-state index contributed by atoms with van der Waals surface area (Å²) in [6.45, 7) is 0.626. The molecule has 6 nitrogen and oxygen atoms in total. The van der Waals surface area contributed by atoms with Gasteiger partial charge in [0.1, 0.15) is 12.4 Å². The third-order valence-corrected chi connectivity index (χ3v) is 5.90. The van der Waals surface area contributed by atoms with Crippen LogP contribution in [0.3, 0.4) is 0 Å². The van der Waals surface area contributed by atoms with Gasteiger partial charge in [0.25, 0.3) is 0 Å². The number of benzene rings is 2. The highest BCUT2D eigenvalue weighted by Gasteiger charge is 2.36. The highest BCUT2D eigenvalue weighted by Crippen LogP contribution is 2.34. The highest BCUT2D eigenvalue weighted by atomic mass is 19.1. The zero-order valence-corrected chi connectivity index (χ0v) is 18.1. The first kappa shape index (κ1) is 23.4. The van der Waals surface area contributed by atoms with E-state index in [0.717, 1.165) is 11.1 Å². The summed E-state index contributed by atoms with van der Waals surface area (Å²) in [6, 6.07) is 18.0. The molecule has 1 unspecified atom stereocenters. The van der Waals surface area contributed by atoms with Gasteiger partial charge >= 0.3 is 5.97 Å². The van der Waals surface area contributed by atoms with E-state index in [2.05, 4.69) is 6.07 Å². The van der Waals surface area contributed by atoms with E-state index in [4.69, 9.17) is 9.47 Å². The van der Waals surface area contributed by atoms with Crippen molar-refractivity contribution in [2.75, 3.05) is 26.8 Å². The summed E-state index contributed by atoms with van der Waals surface area (Å²) in [5.74, 6) is -1.05. The maximum atomic E-state index is 13.2. The van der Waals surface area contributed by atoms with Crippen LogP contribution in [0.1, 0.15) is 24.0 Å². The Hall–Kier alpha value is -3.24. The van der Waals surface area contributed by atoms with Crippen molar-refractivity contribution in [2.45, 2.75) is 31.8 Å². The SMILES string of the molecule is COC(=O)C(Cc1ccccc1)OCC(=O)N1CCC(C#N)(Cc2ccc(F)cc2)CC1. The molecule has 0 radical (unpaired) electrons. The second-order valence-electron chi connectivity index (χ2n) is 8.09. The maximum absolute atomic E-state index is 13.2. The number of nitriles is 1. The smallest absolute Gasteiger partial charge is 0.335 e. The molecule has 0 aromatic heterocycles. The zero-order valence-electron chi connectivity index (χ0n) is 18.1. The first-order valence-corrected chi connectivity index (χ1v) is 10.6. The molecule has 0 saturated carbocycles. The predicted molar refractivity (Wildman–Crippen MR) is 116 cm³/mol. The number of rotatable bonds is 8. The van der Waals surface area contributed by atoms with Gasteiger partial charge < -0.3 is 14.4 Å². The van der Waals surface area contributed by atoms with Gasteiger partial charge in [-0.05, 0) is 42.5 Å². The van der Waals surface area contributed by atoms with Gasteiger partial charge in [0.15, 0.2) is 6.10 Å². The fraction of sp³-hybridized carbons (Fsp3) is 0.400. The molecule has 7 heteroatoms. The molecule has 1 fully saturated rings. The fourth-order valence-electron chi connectivity index (χ4n) is 3.94. The van der Waals surface area contributed by atoms with E-state index in [0.29, 0.717) is 38.8 Å². The lowest BCUT2D eigenvalue weighted by atomic mass is 9.75. The monoisotopic (exact) mass is 438 g/mol. The van der Waals surface area contributed by atoms with E-state index in [1.54, 1.807) is 17.0 Å². The largest absolute Gasteiger partial charge is 0.467 e. The Kier molecular flexibility index (Phi) is 7.96. The van der Waals surface area contributed by atoms with E-state index in [-0.39, 0.29) is 18.3 Å². The number of halogens is 1. The Morgan fingerprint density at radius 2 is 1.75 bits per heavy atom. The third-order valence-electron chi connectivity index (χ3n) is 5.90. The Balaban J connectivity index is 1.54. The summed E-state index contributed by atoms with van der Waals surface area (Å²) in [4.78, 5) is 26.4. The number of carbonyl (C=O) groups excluding carboxylic acids is 2. The number of hydrogen-bond acceptors (Lipinski definition) is 5. The van der Waals surface area contributed by atoms with Gasteiger partial charge in [-0.1, -0.05) is 42.5 Å². The fourth-order valence-corrected chi connectivity index (χ4v) is 3.94. The van der Waals surface area contributed by atoms with E-state index in [1.165, 1.54) is 19.2 Å². The van der Waals surface area contributed by atoms with Gasteiger partial charge in [-0.2, -0.15) is 5.26 Å². The second kappa shape index (κ2) is 10.9. The van der Waals surface area contributed by atoms with Crippen LogP contribution < -0.4 is 0 Å². The average Bonchev–Trinajstić information content (AvgIpc) is 2.83. The van der Waals surface area contributed by atoms with E-state index < -0.39 is 17.5 Å². The molecule has 3 rings (SSSR count). The molecule has 0 spiro atoms. The Morgan fingerprint density at radius 3 is 2.34 bits per heavy atom. The molecule has 1 atom stereocenters. The molecule has 168 valence electrons. The van der Waals surface area contributed by atoms with Gasteiger partial charge in [-0.3, -0.25) is 4.79 Å². The van der Waals surface area contributed by atoms with Crippen molar-refractivity contribution in [1.29, 1.82) is 5.26 Å². The minimum atomic E-state index is -0.868. The van der Waals surface area contributed by atoms with Crippen LogP contribution in [0.5, 0.6) is 0 Å². The molecule has 1 aliphatic heterocycles. The second-order valence-corrected chi connectivity index (χ2v) is 8.09. The van der Waals surface area contributed by atoms with Crippen molar-refractivity contribution in [3.05, 3.63) is 71.5 Å². The van der Waals surface area contributed by atoms with Crippen LogP contribution in [0.2, 0.25) is 0 Å². The Bertz CT molecular complexity index is 948. The number of amides is 1. The van der Waals surface area contributed by atoms with Gasteiger partial charge in [0.05, 0.1) is 18.6 Å². The minimum absolute atomic E-state index is 0.222. The summed E-state index contributed by atoms with van der Waals surface area (Å²) in [6.07, 6.45) is 1.02. The molecule has 0 N–H and O–H groups in total. The topological polar surface area (TPSA) is 79.6 Å². The number of esters is 1. The predicted octanol–water partition coefficient (Wildman–Crippen LogP) is 3.30. The number of hydrogen-bond donors (Lipinski definition) is 0. The van der Waals surface area contributed by atoms with Crippen molar-refractivity contribution in [3.8, 4) is 6.07 Å². The lowest BCUT2D eigenvalue weighted by Gasteiger charge is -2.37. The molecule has 32 heavy (non-hydrogen) atoms. The minimum Gasteiger partial charge on any atom is -0.467 e. The molecule has 1 amide bonds. The summed E-state index contributed by atoms with van der Waals surface area (Å²) >= 11 is 0. The molecule has 2 aromatic rings. The van der Waals surface area contributed by atoms with Crippen molar-refractivity contribution in [3.63, 3.8) is 0 Å². The summed E-state index contributed by atoms with van der Waals surface area (Å²) in [5.41, 5.74) is 1.22. The number of likely N-dealkylation sites (tertiary alicyclic amines) is 1. The molecule has 0 aliphatic carbocycles. The molecular weight excluding hydrogens is 411 g/mol. The molecule has 2 aromatic carbocycles. The number of carbonyl (C=O) groups is 2. The molecule has 1 aliphatic rings. The van der Waals surface area contributed by atoms with Crippen molar-refractivity contribution in [2.24, 2.45) is 5.41 Å². The highest BCUT2D eigenvalue weighted by molar-refractivity contribution is 5.79. The van der Waals surface area contributed by atoms with Crippen LogP contribution in [-0.4, -0.2) is 49.7 Å². The molecular formula is C25H27FN2O4. The van der Waals surface area contributed by atoms with Gasteiger partial charge in [-0.15, -0.1) is 0 Å². The van der Waals surface area contributed by atoms with Crippen molar-refractivity contribution >= 4 is 11.9 Å².